The lowest BCUT2D eigenvalue weighted by Crippen LogP contribution is -2.25. The smallest absolute Gasteiger partial charge is 0.381 e. The zero-order valence-corrected chi connectivity index (χ0v) is 10.7. The summed E-state index contributed by atoms with van der Waals surface area (Å²) in [5.74, 6) is -0.349. The van der Waals surface area contributed by atoms with Crippen LogP contribution in [-0.4, -0.2) is 23.7 Å². The number of allylic oxidation sites excluding steroid dienone is 2. The Balaban J connectivity index is 2.13. The second-order valence-electron chi connectivity index (χ2n) is 4.21. The minimum Gasteiger partial charge on any atom is -0.381 e. The van der Waals surface area contributed by atoms with Gasteiger partial charge >= 0.3 is 15.6 Å². The number of halogens is 3. The summed E-state index contributed by atoms with van der Waals surface area (Å²) in [4.78, 5) is 0. The highest BCUT2D eigenvalue weighted by atomic mass is 32.2. The molecule has 1 unspecified atom stereocenters. The molecule has 0 fully saturated rings. The third kappa shape index (κ3) is 2.91. The maximum Gasteiger partial charge on any atom is 0.534 e. The summed E-state index contributed by atoms with van der Waals surface area (Å²) in [7, 11) is -3.85. The molecule has 1 aromatic heterocycles. The molecular weight excluding hydrogens is 285 g/mol. The fraction of sp³-hybridized carbons (Fsp3) is 0.500. The first-order chi connectivity index (χ1) is 8.69. The molecule has 1 aliphatic rings. The van der Waals surface area contributed by atoms with Gasteiger partial charge in [0.25, 0.3) is 0 Å². The van der Waals surface area contributed by atoms with Crippen LogP contribution in [0, 0.1) is 0 Å². The van der Waals surface area contributed by atoms with Crippen LogP contribution in [0.3, 0.4) is 0 Å². The van der Waals surface area contributed by atoms with Gasteiger partial charge < -0.3 is 4.18 Å². The number of alkyl halides is 3. The summed E-state index contributed by atoms with van der Waals surface area (Å²) in [6.45, 7) is 0. The number of rotatable bonds is 3. The minimum atomic E-state index is -5.57. The average molecular weight is 296 g/mol. The van der Waals surface area contributed by atoms with E-state index in [1.807, 2.05) is 0 Å². The van der Waals surface area contributed by atoms with Gasteiger partial charge in [0.15, 0.2) is 0 Å². The Morgan fingerprint density at radius 3 is 2.68 bits per heavy atom. The molecule has 0 radical (unpaired) electrons. The first-order valence-corrected chi connectivity index (χ1v) is 6.80. The van der Waals surface area contributed by atoms with E-state index in [9.17, 15) is 21.6 Å². The van der Waals surface area contributed by atoms with Crippen LogP contribution in [0.2, 0.25) is 0 Å². The summed E-state index contributed by atoms with van der Waals surface area (Å²) in [6, 6.07) is 0. The summed E-state index contributed by atoms with van der Waals surface area (Å²) in [5, 5.41) is 3.95. The van der Waals surface area contributed by atoms with Crippen LogP contribution < -0.4 is 0 Å². The average Bonchev–Trinajstić information content (AvgIpc) is 2.84. The van der Waals surface area contributed by atoms with Crippen molar-refractivity contribution in [2.45, 2.75) is 24.3 Å². The molecule has 1 heterocycles. The maximum absolute atomic E-state index is 12.2. The number of aryl methyl sites for hydroxylation is 1. The van der Waals surface area contributed by atoms with Gasteiger partial charge in [0.05, 0.1) is 6.20 Å². The summed E-state index contributed by atoms with van der Waals surface area (Å²) in [6.07, 6.45) is 5.34. The van der Waals surface area contributed by atoms with Crippen molar-refractivity contribution in [1.82, 2.24) is 9.78 Å². The van der Waals surface area contributed by atoms with Gasteiger partial charge in [-0.15, -0.1) is 0 Å². The van der Waals surface area contributed by atoms with Crippen LogP contribution in [0.1, 0.15) is 24.3 Å². The van der Waals surface area contributed by atoms with E-state index in [2.05, 4.69) is 9.28 Å². The predicted molar refractivity (Wildman–Crippen MR) is 59.3 cm³/mol. The van der Waals surface area contributed by atoms with Gasteiger partial charge in [0.2, 0.25) is 0 Å². The molecule has 106 valence electrons. The fourth-order valence-corrected chi connectivity index (χ4v) is 2.36. The van der Waals surface area contributed by atoms with Crippen LogP contribution in [-0.2, 0) is 21.3 Å². The van der Waals surface area contributed by atoms with E-state index in [1.54, 1.807) is 24.1 Å². The first-order valence-electron chi connectivity index (χ1n) is 5.39. The van der Waals surface area contributed by atoms with E-state index < -0.39 is 15.6 Å². The van der Waals surface area contributed by atoms with Gasteiger partial charge in [-0.25, -0.2) is 0 Å². The predicted octanol–water partition coefficient (Wildman–Crippen LogP) is 2.05. The molecule has 1 aromatic rings. The Bertz CT molecular complexity index is 604. The van der Waals surface area contributed by atoms with Crippen molar-refractivity contribution in [1.29, 1.82) is 0 Å². The molecule has 0 aliphatic heterocycles. The van der Waals surface area contributed by atoms with Gasteiger partial charge in [-0.2, -0.15) is 26.7 Å². The van der Waals surface area contributed by atoms with E-state index in [1.165, 1.54) is 6.08 Å². The van der Waals surface area contributed by atoms with E-state index in [0.29, 0.717) is 6.42 Å². The van der Waals surface area contributed by atoms with Crippen LogP contribution >= 0.6 is 0 Å². The monoisotopic (exact) mass is 296 g/mol. The van der Waals surface area contributed by atoms with Crippen molar-refractivity contribution in [3.8, 4) is 0 Å². The molecule has 0 saturated heterocycles. The summed E-state index contributed by atoms with van der Waals surface area (Å²) < 4.78 is 63.8. The lowest BCUT2D eigenvalue weighted by molar-refractivity contribution is -0.0522. The molecule has 0 N–H and O–H groups in total. The van der Waals surface area contributed by atoms with Crippen LogP contribution in [0.5, 0.6) is 0 Å². The molecule has 1 atom stereocenters. The highest BCUT2D eigenvalue weighted by molar-refractivity contribution is 7.87. The molecule has 0 amide bonds. The first kappa shape index (κ1) is 13.9. The van der Waals surface area contributed by atoms with E-state index >= 15 is 0 Å². The molecule has 0 spiro atoms. The third-order valence-electron chi connectivity index (χ3n) is 2.74. The molecule has 0 aromatic carbocycles. The lowest BCUT2D eigenvalue weighted by atomic mass is 10.0. The Kier molecular flexibility index (Phi) is 3.33. The van der Waals surface area contributed by atoms with Crippen molar-refractivity contribution >= 4 is 10.1 Å². The fourth-order valence-electron chi connectivity index (χ4n) is 1.84. The molecule has 9 heteroatoms. The number of hydrogen-bond acceptors (Lipinski definition) is 4. The van der Waals surface area contributed by atoms with Crippen molar-refractivity contribution in [2.75, 3.05) is 0 Å². The zero-order chi connectivity index (χ0) is 14.3. The second-order valence-corrected chi connectivity index (χ2v) is 5.75. The second kappa shape index (κ2) is 4.55. The number of nitrogens with zero attached hydrogens (tertiary/aromatic N) is 2. The van der Waals surface area contributed by atoms with Crippen molar-refractivity contribution < 1.29 is 25.8 Å². The third-order valence-corrected chi connectivity index (χ3v) is 3.74. The number of aromatic nitrogens is 2. The highest BCUT2D eigenvalue weighted by Gasteiger charge is 2.49. The maximum atomic E-state index is 12.2. The van der Waals surface area contributed by atoms with Crippen LogP contribution in [0.4, 0.5) is 13.2 Å². The van der Waals surface area contributed by atoms with E-state index in [-0.39, 0.29) is 18.1 Å². The van der Waals surface area contributed by atoms with Gasteiger partial charge in [0.1, 0.15) is 5.76 Å². The molecular formula is C10H11F3N2O3S. The van der Waals surface area contributed by atoms with Crippen molar-refractivity contribution in [2.24, 2.45) is 7.05 Å². The number of hydrogen-bond donors (Lipinski definition) is 0. The van der Waals surface area contributed by atoms with Gasteiger partial charge in [-0.1, -0.05) is 0 Å². The van der Waals surface area contributed by atoms with E-state index in [0.717, 1.165) is 5.56 Å². The summed E-state index contributed by atoms with van der Waals surface area (Å²) >= 11 is 0. The van der Waals surface area contributed by atoms with Crippen LogP contribution in [0.15, 0.2) is 24.2 Å². The molecule has 5 nitrogen and oxygen atoms in total. The molecule has 0 bridgehead atoms. The van der Waals surface area contributed by atoms with Crippen molar-refractivity contribution in [3.63, 3.8) is 0 Å². The lowest BCUT2D eigenvalue weighted by Gasteiger charge is -2.09. The van der Waals surface area contributed by atoms with Crippen LogP contribution in [0.25, 0.3) is 0 Å². The Morgan fingerprint density at radius 1 is 1.47 bits per heavy atom. The normalized spacial score (nSPS) is 20.4. The van der Waals surface area contributed by atoms with E-state index in [4.69, 9.17) is 0 Å². The molecule has 2 rings (SSSR count). The highest BCUT2D eigenvalue weighted by Crippen LogP contribution is 2.36. The Hall–Kier alpha value is -1.51. The summed E-state index contributed by atoms with van der Waals surface area (Å²) in [5.41, 5.74) is -4.59. The Labute approximate surface area is 107 Å². The quantitative estimate of drug-likeness (QED) is 0.632. The Morgan fingerprint density at radius 2 is 2.16 bits per heavy atom. The zero-order valence-electron chi connectivity index (χ0n) is 9.88. The SMILES string of the molecule is Cn1cc(C2C=C(OS(=O)(=O)C(F)(F)F)CC2)cn1. The molecule has 19 heavy (non-hydrogen) atoms. The van der Waals surface area contributed by atoms with Gasteiger partial charge in [-0.05, 0) is 18.1 Å². The van der Waals surface area contributed by atoms with Gasteiger partial charge in [-0.3, -0.25) is 4.68 Å². The van der Waals surface area contributed by atoms with Gasteiger partial charge in [0, 0.05) is 25.6 Å². The topological polar surface area (TPSA) is 61.2 Å². The molecule has 1 aliphatic carbocycles. The molecule has 0 saturated carbocycles. The largest absolute Gasteiger partial charge is 0.534 e. The van der Waals surface area contributed by atoms with Crippen molar-refractivity contribution in [3.05, 3.63) is 29.8 Å². The standard InChI is InChI=1S/C10H11F3N2O3S/c1-15-6-8(5-14-15)7-2-3-9(4-7)18-19(16,17)10(11,12)13/h4-7H,2-3H2,1H3. The minimum absolute atomic E-state index is 0.148.